The van der Waals surface area contributed by atoms with Crippen LogP contribution in [0.3, 0.4) is 0 Å². The predicted octanol–water partition coefficient (Wildman–Crippen LogP) is 4.14. The van der Waals surface area contributed by atoms with Crippen LogP contribution in [-0.2, 0) is 10.0 Å². The second-order valence-electron chi connectivity index (χ2n) is 5.64. The molecule has 0 bridgehead atoms. The fraction of sp³-hybridized carbons (Fsp3) is 0.118. The molecular weight excluding hydrogens is 374 g/mol. The molecule has 1 N–H and O–H groups in total. The van der Waals surface area contributed by atoms with E-state index in [1.807, 2.05) is 12.3 Å². The minimum atomic E-state index is -3.93. The van der Waals surface area contributed by atoms with E-state index in [2.05, 4.69) is 9.71 Å². The van der Waals surface area contributed by atoms with Crippen molar-refractivity contribution in [3.8, 4) is 11.3 Å². The van der Waals surface area contributed by atoms with Crippen LogP contribution in [0.1, 0.15) is 10.6 Å². The van der Waals surface area contributed by atoms with Crippen molar-refractivity contribution in [1.82, 2.24) is 4.98 Å². The molecule has 0 aliphatic heterocycles. The van der Waals surface area contributed by atoms with Gasteiger partial charge in [0.25, 0.3) is 15.7 Å². The fourth-order valence-electron chi connectivity index (χ4n) is 2.37. The molecule has 9 heteroatoms. The maximum Gasteiger partial charge on any atom is 0.273 e. The summed E-state index contributed by atoms with van der Waals surface area (Å²) in [5, 5.41) is 13.9. The second-order valence-corrected chi connectivity index (χ2v) is 8.38. The van der Waals surface area contributed by atoms with Crippen molar-refractivity contribution in [2.45, 2.75) is 18.7 Å². The molecule has 0 saturated carbocycles. The summed E-state index contributed by atoms with van der Waals surface area (Å²) in [5.74, 6) is 0. The molecule has 0 radical (unpaired) electrons. The Morgan fingerprint density at radius 3 is 2.38 bits per heavy atom. The van der Waals surface area contributed by atoms with E-state index in [0.717, 1.165) is 22.3 Å². The van der Waals surface area contributed by atoms with E-state index < -0.39 is 14.9 Å². The highest BCUT2D eigenvalue weighted by atomic mass is 32.2. The van der Waals surface area contributed by atoms with Crippen LogP contribution in [0.25, 0.3) is 11.3 Å². The first-order valence-electron chi connectivity index (χ1n) is 7.57. The zero-order valence-electron chi connectivity index (χ0n) is 14.0. The summed E-state index contributed by atoms with van der Waals surface area (Å²) < 4.78 is 27.4. The molecule has 134 valence electrons. The van der Waals surface area contributed by atoms with Crippen LogP contribution in [-0.4, -0.2) is 18.3 Å². The molecule has 1 heterocycles. The molecular formula is C17H15N3O4S2. The van der Waals surface area contributed by atoms with Gasteiger partial charge in [0.05, 0.1) is 20.5 Å². The molecule has 0 saturated heterocycles. The standard InChI is InChI=1S/C17H15N3O4S2/c1-11-3-8-15(9-17(11)20(21)22)26(23,24)19-14-6-4-13(5-7-14)16-10-25-12(2)18-16/h3-10,19H,1-2H3. The molecule has 0 unspecified atom stereocenters. The van der Waals surface area contributed by atoms with E-state index >= 15 is 0 Å². The minimum absolute atomic E-state index is 0.158. The molecule has 0 aliphatic carbocycles. The molecule has 0 spiro atoms. The first kappa shape index (κ1) is 18.0. The lowest BCUT2D eigenvalue weighted by molar-refractivity contribution is -0.385. The van der Waals surface area contributed by atoms with Crippen molar-refractivity contribution in [3.63, 3.8) is 0 Å². The molecule has 0 amide bonds. The number of hydrogen-bond acceptors (Lipinski definition) is 6. The Hall–Kier alpha value is -2.78. The van der Waals surface area contributed by atoms with Gasteiger partial charge in [0.2, 0.25) is 0 Å². The van der Waals surface area contributed by atoms with Crippen molar-refractivity contribution < 1.29 is 13.3 Å². The number of nitro benzene ring substituents is 1. The minimum Gasteiger partial charge on any atom is -0.280 e. The molecule has 1 aromatic heterocycles. The highest BCUT2D eigenvalue weighted by Crippen LogP contribution is 2.26. The Morgan fingerprint density at radius 1 is 1.12 bits per heavy atom. The van der Waals surface area contributed by atoms with Gasteiger partial charge in [-0.3, -0.25) is 14.8 Å². The Labute approximate surface area is 154 Å². The van der Waals surface area contributed by atoms with Gasteiger partial charge in [0.1, 0.15) is 0 Å². The Bertz CT molecular complexity index is 1070. The number of rotatable bonds is 5. The van der Waals surface area contributed by atoms with Crippen LogP contribution in [0.15, 0.2) is 52.7 Å². The third-order valence-corrected chi connectivity index (χ3v) is 5.89. The van der Waals surface area contributed by atoms with Gasteiger partial charge < -0.3 is 0 Å². The summed E-state index contributed by atoms with van der Waals surface area (Å²) in [6.07, 6.45) is 0. The highest BCUT2D eigenvalue weighted by molar-refractivity contribution is 7.92. The lowest BCUT2D eigenvalue weighted by Crippen LogP contribution is -2.13. The van der Waals surface area contributed by atoms with Crippen LogP contribution in [0, 0.1) is 24.0 Å². The molecule has 3 aromatic rings. The number of aromatic nitrogens is 1. The summed E-state index contributed by atoms with van der Waals surface area (Å²) in [5.41, 5.74) is 2.24. The van der Waals surface area contributed by atoms with Crippen molar-refractivity contribution in [3.05, 3.63) is 68.5 Å². The van der Waals surface area contributed by atoms with Gasteiger partial charge in [0, 0.05) is 28.3 Å². The summed E-state index contributed by atoms with van der Waals surface area (Å²) in [6.45, 7) is 3.47. The molecule has 0 fully saturated rings. The smallest absolute Gasteiger partial charge is 0.273 e. The zero-order chi connectivity index (χ0) is 18.9. The highest BCUT2D eigenvalue weighted by Gasteiger charge is 2.20. The zero-order valence-corrected chi connectivity index (χ0v) is 15.6. The van der Waals surface area contributed by atoms with Crippen LogP contribution in [0.4, 0.5) is 11.4 Å². The predicted molar refractivity (Wildman–Crippen MR) is 101 cm³/mol. The Balaban J connectivity index is 1.86. The van der Waals surface area contributed by atoms with Gasteiger partial charge in [-0.05, 0) is 32.0 Å². The first-order valence-corrected chi connectivity index (χ1v) is 9.93. The van der Waals surface area contributed by atoms with Gasteiger partial charge in [-0.1, -0.05) is 18.2 Å². The SMILES string of the molecule is Cc1nc(-c2ccc(NS(=O)(=O)c3ccc(C)c([N+](=O)[O-])c3)cc2)cs1. The number of benzene rings is 2. The van der Waals surface area contributed by atoms with Crippen molar-refractivity contribution in [2.24, 2.45) is 0 Å². The summed E-state index contributed by atoms with van der Waals surface area (Å²) >= 11 is 1.54. The molecule has 0 atom stereocenters. The van der Waals surface area contributed by atoms with Crippen LogP contribution in [0.5, 0.6) is 0 Å². The van der Waals surface area contributed by atoms with Crippen molar-refractivity contribution >= 4 is 32.7 Å². The summed E-state index contributed by atoms with van der Waals surface area (Å²) in [4.78, 5) is 14.6. The molecule has 26 heavy (non-hydrogen) atoms. The molecule has 3 rings (SSSR count). The third kappa shape index (κ3) is 3.73. The average molecular weight is 389 g/mol. The number of aryl methyl sites for hydroxylation is 2. The normalized spacial score (nSPS) is 11.3. The average Bonchev–Trinajstić information content (AvgIpc) is 3.01. The Morgan fingerprint density at radius 2 is 1.81 bits per heavy atom. The van der Waals surface area contributed by atoms with Crippen LogP contribution >= 0.6 is 11.3 Å². The summed E-state index contributed by atoms with van der Waals surface area (Å²) in [6, 6.07) is 10.6. The number of anilines is 1. The monoisotopic (exact) mass is 389 g/mol. The molecule has 0 aliphatic rings. The quantitative estimate of drug-likeness (QED) is 0.522. The van der Waals surface area contributed by atoms with Gasteiger partial charge in [-0.25, -0.2) is 13.4 Å². The number of nitro groups is 1. The van der Waals surface area contributed by atoms with Crippen molar-refractivity contribution in [1.29, 1.82) is 0 Å². The van der Waals surface area contributed by atoms with E-state index in [-0.39, 0.29) is 10.6 Å². The third-order valence-electron chi connectivity index (χ3n) is 3.74. The number of hydrogen-bond donors (Lipinski definition) is 1. The second kappa shape index (κ2) is 6.85. The lowest BCUT2D eigenvalue weighted by Gasteiger charge is -2.09. The topological polar surface area (TPSA) is 102 Å². The van der Waals surface area contributed by atoms with E-state index in [9.17, 15) is 18.5 Å². The van der Waals surface area contributed by atoms with E-state index in [0.29, 0.717) is 11.3 Å². The number of nitrogens with zero attached hydrogens (tertiary/aromatic N) is 2. The fourth-order valence-corrected chi connectivity index (χ4v) is 4.07. The Kier molecular flexibility index (Phi) is 4.75. The van der Waals surface area contributed by atoms with E-state index in [1.54, 1.807) is 31.2 Å². The van der Waals surface area contributed by atoms with E-state index in [1.165, 1.54) is 23.5 Å². The van der Waals surface area contributed by atoms with Crippen LogP contribution in [0.2, 0.25) is 0 Å². The molecule has 2 aromatic carbocycles. The maximum absolute atomic E-state index is 12.5. The van der Waals surface area contributed by atoms with Gasteiger partial charge in [0.15, 0.2) is 0 Å². The number of thiazole rings is 1. The molecule has 7 nitrogen and oxygen atoms in total. The van der Waals surface area contributed by atoms with Gasteiger partial charge in [-0.15, -0.1) is 11.3 Å². The van der Waals surface area contributed by atoms with Gasteiger partial charge in [-0.2, -0.15) is 0 Å². The van der Waals surface area contributed by atoms with E-state index in [4.69, 9.17) is 0 Å². The number of nitrogens with one attached hydrogen (secondary N) is 1. The van der Waals surface area contributed by atoms with Crippen LogP contribution < -0.4 is 4.72 Å². The number of sulfonamides is 1. The van der Waals surface area contributed by atoms with Crippen molar-refractivity contribution in [2.75, 3.05) is 4.72 Å². The largest absolute Gasteiger partial charge is 0.280 e. The lowest BCUT2D eigenvalue weighted by atomic mass is 10.1. The first-order chi connectivity index (χ1) is 12.3. The summed E-state index contributed by atoms with van der Waals surface area (Å²) in [7, 11) is -3.93. The maximum atomic E-state index is 12.5. The van der Waals surface area contributed by atoms with Gasteiger partial charge >= 0.3 is 0 Å².